The van der Waals surface area contributed by atoms with Crippen molar-refractivity contribution in [3.8, 4) is 23.0 Å². The molecule has 18 heteroatoms. The van der Waals surface area contributed by atoms with E-state index in [1.807, 2.05) is 0 Å². The van der Waals surface area contributed by atoms with Gasteiger partial charge in [-0.2, -0.15) is 26.3 Å². The van der Waals surface area contributed by atoms with Crippen LogP contribution in [0.3, 0.4) is 0 Å². The molecule has 274 valence electrons. The number of carbonyl (C=O) groups excluding carboxylic acids is 4. The van der Waals surface area contributed by atoms with Crippen molar-refractivity contribution >= 4 is 36.0 Å². The number of hydrogen-bond acceptors (Lipinski definition) is 10. The fourth-order valence-corrected chi connectivity index (χ4v) is 3.81. The zero-order chi connectivity index (χ0) is 38.6. The van der Waals surface area contributed by atoms with Gasteiger partial charge in [-0.15, -0.1) is 0 Å². The van der Waals surface area contributed by atoms with Crippen LogP contribution in [-0.4, -0.2) is 37.5 Å². The third-order valence-corrected chi connectivity index (χ3v) is 6.02. The van der Waals surface area contributed by atoms with Crippen molar-refractivity contribution in [3.63, 3.8) is 0 Å². The molecule has 0 aliphatic carbocycles. The van der Waals surface area contributed by atoms with E-state index in [1.54, 1.807) is 0 Å². The van der Waals surface area contributed by atoms with Crippen LogP contribution < -0.4 is 18.9 Å². The number of halogens is 8. The van der Waals surface area contributed by atoms with Crippen LogP contribution in [0, 0.1) is 11.6 Å². The summed E-state index contributed by atoms with van der Waals surface area (Å²) in [6.45, 7) is 4.96. The minimum atomic E-state index is -5.81. The van der Waals surface area contributed by atoms with Crippen LogP contribution in [0.2, 0.25) is 0 Å². The molecule has 0 atom stereocenters. The number of rotatable bonds is 14. The second-order valence-corrected chi connectivity index (χ2v) is 9.56. The lowest BCUT2D eigenvalue weighted by Crippen LogP contribution is -2.21. The standard InChI is InChI=1S/C34H22F8O10/c1-3-27(43)49-17-47-23-9-5-19(15-21(23)35)7-13-29(45)51-25-11-12-26(32(34(40,41)42)31(25)33(37,38)39)52-30(46)14-8-20-6-10-24(22(36)16-20)48-18-50-28(44)4-2/h3-16H,1-2,17-18H2/b13-7+,14-8+. The summed E-state index contributed by atoms with van der Waals surface area (Å²) in [4.78, 5) is 46.7. The van der Waals surface area contributed by atoms with Crippen molar-refractivity contribution in [1.82, 2.24) is 0 Å². The van der Waals surface area contributed by atoms with Crippen molar-refractivity contribution < 1.29 is 82.7 Å². The molecule has 0 amide bonds. The minimum absolute atomic E-state index is 0.0641. The van der Waals surface area contributed by atoms with Crippen LogP contribution in [0.15, 0.2) is 86.0 Å². The van der Waals surface area contributed by atoms with E-state index in [0.29, 0.717) is 24.3 Å². The quantitative estimate of drug-likeness (QED) is 0.0544. The third-order valence-electron chi connectivity index (χ3n) is 6.02. The Bertz CT molecular complexity index is 1780. The van der Waals surface area contributed by atoms with Crippen molar-refractivity contribution in [2.45, 2.75) is 12.4 Å². The Morgan fingerprint density at radius 1 is 0.558 bits per heavy atom. The largest absolute Gasteiger partial charge is 0.454 e. The van der Waals surface area contributed by atoms with E-state index in [2.05, 4.69) is 32.1 Å². The van der Waals surface area contributed by atoms with E-state index in [0.717, 1.165) is 48.6 Å². The van der Waals surface area contributed by atoms with Crippen LogP contribution in [0.25, 0.3) is 12.2 Å². The molecule has 0 radical (unpaired) electrons. The summed E-state index contributed by atoms with van der Waals surface area (Å²) >= 11 is 0. The Kier molecular flexibility index (Phi) is 13.4. The van der Waals surface area contributed by atoms with Gasteiger partial charge >= 0.3 is 36.2 Å². The van der Waals surface area contributed by atoms with Gasteiger partial charge in [0.05, 0.1) is 0 Å². The Labute approximate surface area is 287 Å². The van der Waals surface area contributed by atoms with Gasteiger partial charge in [-0.05, 0) is 59.7 Å². The fourth-order valence-electron chi connectivity index (χ4n) is 3.81. The molecule has 3 aromatic rings. The molecule has 0 aliphatic rings. The van der Waals surface area contributed by atoms with Crippen LogP contribution in [0.4, 0.5) is 35.1 Å². The van der Waals surface area contributed by atoms with Crippen LogP contribution in [0.5, 0.6) is 23.0 Å². The van der Waals surface area contributed by atoms with Gasteiger partial charge in [0.1, 0.15) is 22.6 Å². The van der Waals surface area contributed by atoms with Crippen molar-refractivity contribution in [2.24, 2.45) is 0 Å². The molecule has 0 fully saturated rings. The molecule has 0 N–H and O–H groups in total. The zero-order valence-corrected chi connectivity index (χ0v) is 26.0. The molecular weight excluding hydrogens is 720 g/mol. The SMILES string of the molecule is C=CC(=O)OCOc1ccc(/C=C/C(=O)Oc2ccc(OC(=O)/C=C/c3ccc(OCOC(=O)C=C)c(F)c3)c(C(F)(F)F)c2C(F)(F)F)cc1F. The summed E-state index contributed by atoms with van der Waals surface area (Å²) in [5, 5.41) is 0. The van der Waals surface area contributed by atoms with Crippen LogP contribution >= 0.6 is 0 Å². The van der Waals surface area contributed by atoms with Gasteiger partial charge in [0, 0.05) is 24.3 Å². The van der Waals surface area contributed by atoms with E-state index >= 15 is 0 Å². The average Bonchev–Trinajstić information content (AvgIpc) is 3.07. The highest BCUT2D eigenvalue weighted by molar-refractivity contribution is 5.90. The average molecular weight is 743 g/mol. The second kappa shape index (κ2) is 17.5. The first kappa shape index (κ1) is 40.0. The van der Waals surface area contributed by atoms with Gasteiger partial charge in [0.2, 0.25) is 13.6 Å². The molecule has 0 spiro atoms. The molecule has 10 nitrogen and oxygen atoms in total. The molecule has 0 heterocycles. The molecule has 52 heavy (non-hydrogen) atoms. The number of hydrogen-bond donors (Lipinski definition) is 0. The van der Waals surface area contributed by atoms with Gasteiger partial charge in [-0.25, -0.2) is 28.0 Å². The van der Waals surface area contributed by atoms with E-state index in [9.17, 15) is 54.3 Å². The second-order valence-electron chi connectivity index (χ2n) is 9.56. The monoisotopic (exact) mass is 742 g/mol. The maximum atomic E-state index is 14.3. The van der Waals surface area contributed by atoms with Crippen molar-refractivity contribution in [1.29, 1.82) is 0 Å². The highest BCUT2D eigenvalue weighted by Crippen LogP contribution is 2.49. The molecule has 3 aromatic carbocycles. The Morgan fingerprint density at radius 2 is 0.904 bits per heavy atom. The zero-order valence-electron chi connectivity index (χ0n) is 26.0. The highest BCUT2D eigenvalue weighted by atomic mass is 19.4. The molecule has 0 aromatic heterocycles. The first-order valence-corrected chi connectivity index (χ1v) is 14.0. The summed E-state index contributed by atoms with van der Waals surface area (Å²) in [6.07, 6.45) is -7.25. The van der Waals surface area contributed by atoms with Crippen molar-refractivity contribution in [3.05, 3.63) is 120 Å². The lowest BCUT2D eigenvalue weighted by atomic mass is 10.0. The fraction of sp³-hybridized carbons (Fsp3) is 0.118. The van der Waals surface area contributed by atoms with Crippen LogP contribution in [-0.2, 0) is 41.0 Å². The Balaban J connectivity index is 1.79. The van der Waals surface area contributed by atoms with Crippen molar-refractivity contribution in [2.75, 3.05) is 13.6 Å². The first-order chi connectivity index (χ1) is 24.4. The normalized spacial score (nSPS) is 11.5. The lowest BCUT2D eigenvalue weighted by Gasteiger charge is -2.21. The van der Waals surface area contributed by atoms with Gasteiger partial charge in [-0.3, -0.25) is 0 Å². The Morgan fingerprint density at radius 3 is 1.21 bits per heavy atom. The topological polar surface area (TPSA) is 124 Å². The maximum Gasteiger partial charge on any atom is 0.420 e. The predicted molar refractivity (Wildman–Crippen MR) is 162 cm³/mol. The summed E-state index contributed by atoms with van der Waals surface area (Å²) in [5.41, 5.74) is -5.13. The Hall–Kier alpha value is -6.46. The van der Waals surface area contributed by atoms with Gasteiger partial charge in [-0.1, -0.05) is 25.3 Å². The summed E-state index contributed by atoms with van der Waals surface area (Å²) < 4.78 is 141. The smallest absolute Gasteiger partial charge is 0.420 e. The molecule has 3 rings (SSSR count). The summed E-state index contributed by atoms with van der Waals surface area (Å²) in [7, 11) is 0. The highest BCUT2D eigenvalue weighted by Gasteiger charge is 2.48. The predicted octanol–water partition coefficient (Wildman–Crippen LogP) is 7.37. The molecule has 0 saturated heterocycles. The third kappa shape index (κ3) is 11.6. The number of carbonyl (C=O) groups is 4. The van der Waals surface area contributed by atoms with Crippen LogP contribution in [0.1, 0.15) is 22.3 Å². The molecule has 0 aliphatic heterocycles. The molecule has 0 saturated carbocycles. The molecule has 0 bridgehead atoms. The van der Waals surface area contributed by atoms with Gasteiger partial charge in [0.25, 0.3) is 0 Å². The van der Waals surface area contributed by atoms with E-state index in [1.165, 1.54) is 12.1 Å². The van der Waals surface area contributed by atoms with E-state index < -0.39 is 84.1 Å². The molecule has 0 unspecified atom stereocenters. The minimum Gasteiger partial charge on any atom is -0.454 e. The maximum absolute atomic E-state index is 14.3. The number of alkyl halides is 6. The number of benzene rings is 3. The van der Waals surface area contributed by atoms with E-state index in [4.69, 9.17) is 9.47 Å². The number of esters is 4. The summed E-state index contributed by atoms with van der Waals surface area (Å²) in [6, 6.07) is 6.67. The van der Waals surface area contributed by atoms with E-state index in [-0.39, 0.29) is 22.6 Å². The first-order valence-electron chi connectivity index (χ1n) is 14.0. The number of ether oxygens (including phenoxy) is 6. The van der Waals surface area contributed by atoms with Gasteiger partial charge in [0.15, 0.2) is 23.1 Å². The molecular formula is C34H22F8O10. The summed E-state index contributed by atoms with van der Waals surface area (Å²) in [5.74, 6) is -10.9. The van der Waals surface area contributed by atoms with Gasteiger partial charge < -0.3 is 28.4 Å². The lowest BCUT2D eigenvalue weighted by molar-refractivity contribution is -0.164.